The van der Waals surface area contributed by atoms with Crippen molar-refractivity contribution in [2.45, 2.75) is 39.7 Å². The highest BCUT2D eigenvalue weighted by Gasteiger charge is 2.32. The van der Waals surface area contributed by atoms with E-state index in [9.17, 15) is 4.79 Å². The fourth-order valence-corrected chi connectivity index (χ4v) is 2.97. The van der Waals surface area contributed by atoms with Crippen LogP contribution in [0.5, 0.6) is 0 Å². The largest absolute Gasteiger partial charge is 0.349 e. The normalized spacial score (nSPS) is 22.7. The highest BCUT2D eigenvalue weighted by molar-refractivity contribution is 7.09. The summed E-state index contributed by atoms with van der Waals surface area (Å²) >= 11 is 1.51. The van der Waals surface area contributed by atoms with E-state index in [1.807, 2.05) is 12.3 Å². The average molecular weight is 267 g/mol. The number of carbonyl (C=O) groups is 1. The monoisotopic (exact) mass is 267 g/mol. The van der Waals surface area contributed by atoms with E-state index < -0.39 is 0 Å². The second-order valence-corrected chi connectivity index (χ2v) is 6.62. The molecular weight excluding hydrogens is 246 g/mol. The first kappa shape index (κ1) is 13.5. The Morgan fingerprint density at radius 2 is 2.44 bits per heavy atom. The number of carbonyl (C=O) groups excluding carboxylic acids is 1. The third-order valence-corrected chi connectivity index (χ3v) is 4.42. The quantitative estimate of drug-likeness (QED) is 0.880. The predicted molar refractivity (Wildman–Crippen MR) is 74.0 cm³/mol. The molecule has 5 heteroatoms. The molecule has 4 nitrogen and oxygen atoms in total. The third kappa shape index (κ3) is 3.09. The van der Waals surface area contributed by atoms with Gasteiger partial charge in [-0.05, 0) is 31.7 Å². The van der Waals surface area contributed by atoms with Gasteiger partial charge >= 0.3 is 0 Å². The number of aromatic nitrogens is 1. The second-order valence-electron chi connectivity index (χ2n) is 5.56. The maximum absolute atomic E-state index is 11.9. The molecular formula is C13H21N3OS. The number of nitrogens with zero attached hydrogens (tertiary/aromatic N) is 1. The highest BCUT2D eigenvalue weighted by Crippen LogP contribution is 2.29. The van der Waals surface area contributed by atoms with Crippen LogP contribution in [-0.2, 0) is 0 Å². The van der Waals surface area contributed by atoms with Crippen LogP contribution in [0.1, 0.15) is 42.2 Å². The van der Waals surface area contributed by atoms with Crippen molar-refractivity contribution in [1.82, 2.24) is 15.6 Å². The lowest BCUT2D eigenvalue weighted by molar-refractivity contribution is 0.0924. The topological polar surface area (TPSA) is 54.0 Å². The van der Waals surface area contributed by atoms with Gasteiger partial charge in [-0.1, -0.05) is 13.8 Å². The van der Waals surface area contributed by atoms with Gasteiger partial charge in [0, 0.05) is 18.0 Å². The highest BCUT2D eigenvalue weighted by atomic mass is 32.1. The molecule has 2 rings (SSSR count). The summed E-state index contributed by atoms with van der Waals surface area (Å²) in [5.74, 6) is -0.0671. The van der Waals surface area contributed by atoms with E-state index >= 15 is 0 Å². The van der Waals surface area contributed by atoms with Gasteiger partial charge in [0.2, 0.25) is 0 Å². The summed E-state index contributed by atoms with van der Waals surface area (Å²) in [4.78, 5) is 16.1. The summed E-state index contributed by atoms with van der Waals surface area (Å²) in [6.07, 6.45) is 2.42. The first-order valence-electron chi connectivity index (χ1n) is 6.43. The first-order valence-corrected chi connectivity index (χ1v) is 7.31. The van der Waals surface area contributed by atoms with Crippen molar-refractivity contribution in [1.29, 1.82) is 0 Å². The number of hydrogen-bond acceptors (Lipinski definition) is 4. The molecule has 1 aromatic rings. The molecule has 100 valence electrons. The molecule has 0 spiro atoms. The van der Waals surface area contributed by atoms with E-state index in [0.717, 1.165) is 11.6 Å². The van der Waals surface area contributed by atoms with E-state index in [-0.39, 0.29) is 11.3 Å². The van der Waals surface area contributed by atoms with Crippen molar-refractivity contribution in [3.8, 4) is 0 Å². The van der Waals surface area contributed by atoms with Crippen molar-refractivity contribution in [3.63, 3.8) is 0 Å². The molecule has 1 aliphatic rings. The molecule has 1 unspecified atom stereocenters. The lowest BCUT2D eigenvalue weighted by Crippen LogP contribution is -2.52. The molecule has 2 heterocycles. The summed E-state index contributed by atoms with van der Waals surface area (Å²) in [7, 11) is 0. The zero-order valence-corrected chi connectivity index (χ0v) is 12.1. The Hall–Kier alpha value is -0.940. The van der Waals surface area contributed by atoms with Crippen LogP contribution in [-0.4, -0.2) is 30.0 Å². The molecule has 2 N–H and O–H groups in total. The summed E-state index contributed by atoms with van der Waals surface area (Å²) in [6.45, 7) is 8.13. The Kier molecular flexibility index (Phi) is 4.02. The summed E-state index contributed by atoms with van der Waals surface area (Å²) < 4.78 is 0. The fourth-order valence-electron chi connectivity index (χ4n) is 2.37. The number of hydrogen-bond donors (Lipinski definition) is 2. The lowest BCUT2D eigenvalue weighted by Gasteiger charge is -2.39. The second kappa shape index (κ2) is 5.36. The average Bonchev–Trinajstić information content (AvgIpc) is 2.73. The van der Waals surface area contributed by atoms with Gasteiger partial charge in [-0.25, -0.2) is 4.98 Å². The zero-order chi connectivity index (χ0) is 13.2. The van der Waals surface area contributed by atoms with E-state index in [4.69, 9.17) is 0 Å². The van der Waals surface area contributed by atoms with Crippen LogP contribution in [0.3, 0.4) is 0 Å². The van der Waals surface area contributed by atoms with Gasteiger partial charge in [-0.15, -0.1) is 11.3 Å². The van der Waals surface area contributed by atoms with Gasteiger partial charge in [-0.2, -0.15) is 0 Å². The number of amides is 1. The summed E-state index contributed by atoms with van der Waals surface area (Å²) in [6, 6.07) is 0.343. The minimum Gasteiger partial charge on any atom is -0.349 e. The zero-order valence-electron chi connectivity index (χ0n) is 11.2. The third-order valence-electron chi connectivity index (χ3n) is 3.65. The Morgan fingerprint density at radius 1 is 1.67 bits per heavy atom. The Balaban J connectivity index is 1.89. The van der Waals surface area contributed by atoms with E-state index in [1.54, 1.807) is 0 Å². The minimum atomic E-state index is -0.0671. The van der Waals surface area contributed by atoms with Crippen LogP contribution < -0.4 is 10.6 Å². The SMILES string of the molecule is Cc1nc(C(=O)NCC2NCCCC2(C)C)cs1. The van der Waals surface area contributed by atoms with Gasteiger partial charge in [0.05, 0.1) is 5.01 Å². The molecule has 0 saturated carbocycles. The van der Waals surface area contributed by atoms with Crippen LogP contribution >= 0.6 is 11.3 Å². The fraction of sp³-hybridized carbons (Fsp3) is 0.692. The minimum absolute atomic E-state index is 0.0671. The molecule has 1 fully saturated rings. The molecule has 1 amide bonds. The lowest BCUT2D eigenvalue weighted by atomic mass is 9.77. The number of thiazole rings is 1. The molecule has 1 aromatic heterocycles. The van der Waals surface area contributed by atoms with Gasteiger partial charge < -0.3 is 10.6 Å². The van der Waals surface area contributed by atoms with Crippen LogP contribution in [0.2, 0.25) is 0 Å². The number of aryl methyl sites for hydroxylation is 1. The standard InChI is InChI=1S/C13H21N3OS/c1-9-16-10(8-18-9)12(17)15-7-11-13(2,3)5-4-6-14-11/h8,11,14H,4-7H2,1-3H3,(H,15,17). The van der Waals surface area contributed by atoms with Crippen molar-refractivity contribution >= 4 is 17.2 Å². The Labute approximate surface area is 112 Å². The van der Waals surface area contributed by atoms with Gasteiger partial charge in [-0.3, -0.25) is 4.79 Å². The maximum atomic E-state index is 11.9. The van der Waals surface area contributed by atoms with E-state index in [0.29, 0.717) is 18.3 Å². The molecule has 0 bridgehead atoms. The van der Waals surface area contributed by atoms with Crippen LogP contribution in [0.25, 0.3) is 0 Å². The van der Waals surface area contributed by atoms with Crippen molar-refractivity contribution in [3.05, 3.63) is 16.1 Å². The van der Waals surface area contributed by atoms with Crippen molar-refractivity contribution in [2.75, 3.05) is 13.1 Å². The molecule has 1 atom stereocenters. The van der Waals surface area contributed by atoms with Crippen LogP contribution in [0.15, 0.2) is 5.38 Å². The van der Waals surface area contributed by atoms with E-state index in [2.05, 4.69) is 29.5 Å². The predicted octanol–water partition coefficient (Wildman–Crippen LogP) is 1.96. The number of nitrogens with one attached hydrogen (secondary N) is 2. The number of piperidine rings is 1. The summed E-state index contributed by atoms with van der Waals surface area (Å²) in [5, 5.41) is 9.21. The van der Waals surface area contributed by atoms with Crippen molar-refractivity contribution in [2.24, 2.45) is 5.41 Å². The van der Waals surface area contributed by atoms with Gasteiger partial charge in [0.25, 0.3) is 5.91 Å². The molecule has 0 aromatic carbocycles. The van der Waals surface area contributed by atoms with Crippen LogP contribution in [0.4, 0.5) is 0 Å². The maximum Gasteiger partial charge on any atom is 0.270 e. The smallest absolute Gasteiger partial charge is 0.270 e. The number of rotatable bonds is 3. The summed E-state index contributed by atoms with van der Waals surface area (Å²) in [5.41, 5.74) is 0.773. The molecule has 0 radical (unpaired) electrons. The van der Waals surface area contributed by atoms with Crippen molar-refractivity contribution < 1.29 is 4.79 Å². The molecule has 1 saturated heterocycles. The molecule has 1 aliphatic heterocycles. The molecule has 18 heavy (non-hydrogen) atoms. The Bertz CT molecular complexity index is 428. The van der Waals surface area contributed by atoms with Gasteiger partial charge in [0.1, 0.15) is 5.69 Å². The first-order chi connectivity index (χ1) is 8.49. The Morgan fingerprint density at radius 3 is 3.06 bits per heavy atom. The van der Waals surface area contributed by atoms with Gasteiger partial charge in [0.15, 0.2) is 0 Å². The van der Waals surface area contributed by atoms with Crippen LogP contribution in [0, 0.1) is 12.3 Å². The molecule has 0 aliphatic carbocycles. The van der Waals surface area contributed by atoms with E-state index in [1.165, 1.54) is 24.2 Å².